The quantitative estimate of drug-likeness (QED) is 0.876. The van der Waals surface area contributed by atoms with Gasteiger partial charge in [-0.1, -0.05) is 20.8 Å². The van der Waals surface area contributed by atoms with Crippen molar-refractivity contribution in [3.05, 3.63) is 23.1 Å². The number of aromatic amines is 1. The molecule has 0 fully saturated rings. The van der Waals surface area contributed by atoms with Crippen LogP contribution in [0.25, 0.3) is 0 Å². The summed E-state index contributed by atoms with van der Waals surface area (Å²) in [6, 6.07) is 1.73. The van der Waals surface area contributed by atoms with E-state index in [1.165, 1.54) is 0 Å². The lowest BCUT2D eigenvalue weighted by Crippen LogP contribution is -2.15. The Kier molecular flexibility index (Phi) is 4.57. The Morgan fingerprint density at radius 1 is 1.30 bits per heavy atom. The lowest BCUT2D eigenvalue weighted by molar-refractivity contribution is 0.406. The van der Waals surface area contributed by atoms with Gasteiger partial charge in [0.25, 0.3) is 10.0 Å². The van der Waals surface area contributed by atoms with E-state index in [9.17, 15) is 8.42 Å². The summed E-state index contributed by atoms with van der Waals surface area (Å²) < 4.78 is 29.5. The van der Waals surface area contributed by atoms with E-state index in [2.05, 4.69) is 40.8 Å². The maximum atomic E-state index is 12.6. The molecule has 0 atom stereocenters. The van der Waals surface area contributed by atoms with Crippen molar-refractivity contribution in [3.63, 3.8) is 0 Å². The van der Waals surface area contributed by atoms with Crippen LogP contribution in [0.3, 0.4) is 0 Å². The molecule has 0 aromatic carbocycles. The highest BCUT2D eigenvalue weighted by atomic mass is 32.2. The molecule has 2 N–H and O–H groups in total. The Labute approximate surface area is 137 Å². The van der Waals surface area contributed by atoms with Crippen LogP contribution in [-0.4, -0.2) is 28.4 Å². The van der Waals surface area contributed by atoms with E-state index in [1.807, 2.05) is 6.92 Å². The first-order valence-electron chi connectivity index (χ1n) is 7.64. The predicted octanol–water partition coefficient (Wildman–Crippen LogP) is 2.63. The number of H-pyrrole nitrogens is 1. The van der Waals surface area contributed by atoms with Crippen molar-refractivity contribution in [2.24, 2.45) is 5.41 Å². The monoisotopic (exact) mass is 339 g/mol. The minimum atomic E-state index is -3.71. The zero-order chi connectivity index (χ0) is 17.4. The van der Waals surface area contributed by atoms with Crippen molar-refractivity contribution in [2.45, 2.75) is 59.4 Å². The van der Waals surface area contributed by atoms with E-state index in [4.69, 9.17) is 0 Å². The SMILES string of the molecule is CCn1nc(C)c(S(=O)(=O)Nc2cc(CC(C)(C)C)[nH]n2)c1C. The second-order valence-electron chi connectivity index (χ2n) is 6.94. The fourth-order valence-corrected chi connectivity index (χ4v) is 4.05. The maximum Gasteiger partial charge on any atom is 0.266 e. The molecule has 0 aliphatic carbocycles. The fraction of sp³-hybridized carbons (Fsp3) is 0.600. The molecular weight excluding hydrogens is 314 g/mol. The van der Waals surface area contributed by atoms with Crippen molar-refractivity contribution < 1.29 is 8.42 Å². The summed E-state index contributed by atoms with van der Waals surface area (Å²) in [5.74, 6) is 0.298. The van der Waals surface area contributed by atoms with E-state index in [-0.39, 0.29) is 10.3 Å². The van der Waals surface area contributed by atoms with Gasteiger partial charge >= 0.3 is 0 Å². The average Bonchev–Trinajstić information content (AvgIpc) is 2.91. The number of anilines is 1. The van der Waals surface area contributed by atoms with Crippen LogP contribution in [0.4, 0.5) is 5.82 Å². The molecule has 23 heavy (non-hydrogen) atoms. The first-order chi connectivity index (χ1) is 10.5. The van der Waals surface area contributed by atoms with Gasteiger partial charge in [-0.3, -0.25) is 14.5 Å². The van der Waals surface area contributed by atoms with Crippen molar-refractivity contribution in [2.75, 3.05) is 4.72 Å². The standard InChI is InChI=1S/C15H25N5O2S/c1-7-20-11(3)14(10(2)18-20)23(21,22)19-13-8-12(16-17-13)9-15(4,5)6/h8H,7,9H2,1-6H3,(H2,16,17,19). The van der Waals surface area contributed by atoms with E-state index in [0.29, 0.717) is 23.8 Å². The van der Waals surface area contributed by atoms with Crippen molar-refractivity contribution >= 4 is 15.8 Å². The summed E-state index contributed by atoms with van der Waals surface area (Å²) in [5, 5.41) is 11.2. The van der Waals surface area contributed by atoms with E-state index in [1.54, 1.807) is 24.6 Å². The van der Waals surface area contributed by atoms with Crippen LogP contribution in [0, 0.1) is 19.3 Å². The van der Waals surface area contributed by atoms with Crippen molar-refractivity contribution in [1.29, 1.82) is 0 Å². The highest BCUT2D eigenvalue weighted by molar-refractivity contribution is 7.92. The first-order valence-corrected chi connectivity index (χ1v) is 9.13. The normalized spacial score (nSPS) is 12.6. The topological polar surface area (TPSA) is 92.7 Å². The zero-order valence-electron chi connectivity index (χ0n) is 14.6. The van der Waals surface area contributed by atoms with Gasteiger partial charge in [0.2, 0.25) is 0 Å². The van der Waals surface area contributed by atoms with Crippen LogP contribution in [0.2, 0.25) is 0 Å². The van der Waals surface area contributed by atoms with Gasteiger partial charge in [0.05, 0.1) is 11.4 Å². The third-order valence-electron chi connectivity index (χ3n) is 3.47. The molecule has 2 rings (SSSR count). The number of aromatic nitrogens is 4. The highest BCUT2D eigenvalue weighted by Crippen LogP contribution is 2.24. The maximum absolute atomic E-state index is 12.6. The Balaban J connectivity index is 2.27. The Hall–Kier alpha value is -1.83. The van der Waals surface area contributed by atoms with E-state index in [0.717, 1.165) is 12.1 Å². The number of rotatable bonds is 5. The molecule has 7 nitrogen and oxygen atoms in total. The van der Waals surface area contributed by atoms with Gasteiger partial charge in [-0.2, -0.15) is 10.2 Å². The second-order valence-corrected chi connectivity index (χ2v) is 8.56. The molecule has 0 aliphatic heterocycles. The number of hydrogen-bond donors (Lipinski definition) is 2. The third kappa shape index (κ3) is 3.93. The van der Waals surface area contributed by atoms with Gasteiger partial charge < -0.3 is 0 Å². The molecular formula is C15H25N5O2S. The molecule has 0 saturated carbocycles. The number of hydrogen-bond acceptors (Lipinski definition) is 4. The Morgan fingerprint density at radius 2 is 1.96 bits per heavy atom. The van der Waals surface area contributed by atoms with Gasteiger partial charge in [-0.25, -0.2) is 8.42 Å². The molecule has 0 amide bonds. The van der Waals surface area contributed by atoms with Crippen molar-refractivity contribution in [3.8, 4) is 0 Å². The minimum absolute atomic E-state index is 0.0954. The summed E-state index contributed by atoms with van der Waals surface area (Å²) >= 11 is 0. The first kappa shape index (κ1) is 17.5. The molecule has 8 heteroatoms. The lowest BCUT2D eigenvalue weighted by atomic mass is 9.91. The largest absolute Gasteiger partial charge is 0.280 e. The van der Waals surface area contributed by atoms with Gasteiger partial charge in [-0.05, 0) is 32.6 Å². The molecule has 2 heterocycles. The van der Waals surface area contributed by atoms with Crippen LogP contribution in [-0.2, 0) is 23.0 Å². The molecule has 0 aliphatic rings. The van der Waals surface area contributed by atoms with Crippen LogP contribution in [0.15, 0.2) is 11.0 Å². The predicted molar refractivity (Wildman–Crippen MR) is 89.9 cm³/mol. The number of nitrogens with zero attached hydrogens (tertiary/aromatic N) is 3. The fourth-order valence-electron chi connectivity index (χ4n) is 2.64. The molecule has 2 aromatic rings. The third-order valence-corrected chi connectivity index (χ3v) is 5.08. The summed E-state index contributed by atoms with van der Waals surface area (Å²) in [6.45, 7) is 12.4. The average molecular weight is 339 g/mol. The lowest BCUT2D eigenvalue weighted by Gasteiger charge is -2.15. The molecule has 0 saturated heterocycles. The summed E-state index contributed by atoms with van der Waals surface area (Å²) in [5.41, 5.74) is 2.11. The molecule has 0 spiro atoms. The summed E-state index contributed by atoms with van der Waals surface area (Å²) in [4.78, 5) is 0.222. The second kappa shape index (κ2) is 5.99. The van der Waals surface area contributed by atoms with Gasteiger partial charge in [-0.15, -0.1) is 0 Å². The van der Waals surface area contributed by atoms with Crippen LogP contribution >= 0.6 is 0 Å². The summed E-state index contributed by atoms with van der Waals surface area (Å²) in [7, 11) is -3.71. The Bertz CT molecular complexity index is 796. The molecule has 0 unspecified atom stereocenters. The number of aryl methyl sites for hydroxylation is 2. The van der Waals surface area contributed by atoms with Crippen LogP contribution in [0.5, 0.6) is 0 Å². The Morgan fingerprint density at radius 3 is 2.48 bits per heavy atom. The van der Waals surface area contributed by atoms with Crippen molar-refractivity contribution in [1.82, 2.24) is 20.0 Å². The van der Waals surface area contributed by atoms with Crippen LogP contribution < -0.4 is 4.72 Å². The smallest absolute Gasteiger partial charge is 0.266 e. The summed E-state index contributed by atoms with van der Waals surface area (Å²) in [6.07, 6.45) is 0.785. The molecule has 0 radical (unpaired) electrons. The molecule has 2 aromatic heterocycles. The van der Waals surface area contributed by atoms with Gasteiger partial charge in [0.15, 0.2) is 5.82 Å². The number of sulfonamides is 1. The van der Waals surface area contributed by atoms with E-state index < -0.39 is 10.0 Å². The van der Waals surface area contributed by atoms with Crippen LogP contribution in [0.1, 0.15) is 44.8 Å². The van der Waals surface area contributed by atoms with E-state index >= 15 is 0 Å². The van der Waals surface area contributed by atoms with Gasteiger partial charge in [0.1, 0.15) is 4.90 Å². The zero-order valence-corrected chi connectivity index (χ0v) is 15.4. The minimum Gasteiger partial charge on any atom is -0.280 e. The molecule has 0 bridgehead atoms. The molecule has 128 valence electrons. The highest BCUT2D eigenvalue weighted by Gasteiger charge is 2.25. The van der Waals surface area contributed by atoms with Gasteiger partial charge in [0, 0.05) is 18.3 Å². The number of nitrogens with one attached hydrogen (secondary N) is 2.